The topological polar surface area (TPSA) is 44.9 Å². The second-order valence-corrected chi connectivity index (χ2v) is 7.53. The van der Waals surface area contributed by atoms with Gasteiger partial charge in [0.25, 0.3) is 0 Å². The van der Waals surface area contributed by atoms with E-state index in [2.05, 4.69) is 23.9 Å². The molecule has 2 fully saturated rings. The number of halogens is 1. The molecule has 0 aromatic rings. The summed E-state index contributed by atoms with van der Waals surface area (Å²) < 4.78 is 0. The van der Waals surface area contributed by atoms with E-state index in [0.29, 0.717) is 0 Å². The molecule has 6 heteroatoms. The van der Waals surface area contributed by atoms with Crippen LogP contribution in [0.15, 0.2) is 4.99 Å². The van der Waals surface area contributed by atoms with Crippen molar-refractivity contribution in [2.45, 2.75) is 44.1 Å². The first-order valence-electron chi connectivity index (χ1n) is 7.94. The molecule has 124 valence electrons. The lowest BCUT2D eigenvalue weighted by molar-refractivity contribution is 0.138. The van der Waals surface area contributed by atoms with Crippen LogP contribution in [0.5, 0.6) is 0 Å². The fourth-order valence-corrected chi connectivity index (χ4v) is 4.16. The quantitative estimate of drug-likeness (QED) is 0.326. The van der Waals surface area contributed by atoms with Gasteiger partial charge >= 0.3 is 0 Å². The molecular formula is C15H31IN4S. The predicted octanol–water partition coefficient (Wildman–Crippen LogP) is 2.62. The van der Waals surface area contributed by atoms with Crippen molar-refractivity contribution < 1.29 is 0 Å². The van der Waals surface area contributed by atoms with E-state index in [0.717, 1.165) is 25.6 Å². The van der Waals surface area contributed by atoms with Gasteiger partial charge in [0.15, 0.2) is 5.96 Å². The van der Waals surface area contributed by atoms with E-state index in [1.807, 2.05) is 11.8 Å². The summed E-state index contributed by atoms with van der Waals surface area (Å²) in [5, 5.41) is 0. The minimum absolute atomic E-state index is 0. The molecular weight excluding hydrogens is 395 g/mol. The standard InChI is InChI=1S/C15H30N4S.HI/c1-18(2)15(7-5-3-4-6-8-15)13-17-14(16)19-9-11-20-12-10-19;/h3-13H2,1-2H3,(H2,16,17);1H. The van der Waals surface area contributed by atoms with E-state index in [9.17, 15) is 0 Å². The molecule has 0 radical (unpaired) electrons. The van der Waals surface area contributed by atoms with Crippen LogP contribution in [0.3, 0.4) is 0 Å². The summed E-state index contributed by atoms with van der Waals surface area (Å²) in [5.41, 5.74) is 6.44. The van der Waals surface area contributed by atoms with Crippen LogP contribution in [0, 0.1) is 0 Å². The van der Waals surface area contributed by atoms with Crippen LogP contribution in [0.1, 0.15) is 38.5 Å². The van der Waals surface area contributed by atoms with Crippen molar-refractivity contribution in [3.8, 4) is 0 Å². The van der Waals surface area contributed by atoms with Gasteiger partial charge < -0.3 is 15.5 Å². The molecule has 0 spiro atoms. The third kappa shape index (κ3) is 5.46. The van der Waals surface area contributed by atoms with Crippen LogP contribution in [0.2, 0.25) is 0 Å². The lowest BCUT2D eigenvalue weighted by Gasteiger charge is -2.38. The number of rotatable bonds is 3. The molecule has 2 aliphatic rings. The highest BCUT2D eigenvalue weighted by atomic mass is 127. The zero-order valence-electron chi connectivity index (χ0n) is 13.5. The lowest BCUT2D eigenvalue weighted by atomic mass is 9.89. The first kappa shape index (κ1) is 19.4. The van der Waals surface area contributed by atoms with Crippen LogP contribution < -0.4 is 5.73 Å². The fraction of sp³-hybridized carbons (Fsp3) is 0.933. The maximum absolute atomic E-state index is 6.21. The summed E-state index contributed by atoms with van der Waals surface area (Å²) in [7, 11) is 4.41. The van der Waals surface area contributed by atoms with E-state index < -0.39 is 0 Å². The van der Waals surface area contributed by atoms with Crippen LogP contribution >= 0.6 is 35.7 Å². The zero-order chi connectivity index (χ0) is 14.4. The first-order valence-corrected chi connectivity index (χ1v) is 9.10. The summed E-state index contributed by atoms with van der Waals surface area (Å²) >= 11 is 2.01. The molecule has 2 N–H and O–H groups in total. The normalized spacial score (nSPS) is 23.6. The van der Waals surface area contributed by atoms with Crippen LogP contribution in [-0.4, -0.2) is 66.5 Å². The average Bonchev–Trinajstić information content (AvgIpc) is 2.72. The van der Waals surface area contributed by atoms with E-state index in [1.165, 1.54) is 50.0 Å². The number of nitrogens with two attached hydrogens (primary N) is 1. The second-order valence-electron chi connectivity index (χ2n) is 6.31. The predicted molar refractivity (Wildman–Crippen MR) is 105 cm³/mol. The molecule has 21 heavy (non-hydrogen) atoms. The van der Waals surface area contributed by atoms with Crippen molar-refractivity contribution in [1.82, 2.24) is 9.80 Å². The van der Waals surface area contributed by atoms with Crippen molar-refractivity contribution >= 4 is 41.7 Å². The van der Waals surface area contributed by atoms with E-state index in [4.69, 9.17) is 10.7 Å². The highest BCUT2D eigenvalue weighted by Gasteiger charge is 2.33. The van der Waals surface area contributed by atoms with Crippen molar-refractivity contribution in [1.29, 1.82) is 0 Å². The van der Waals surface area contributed by atoms with Crippen molar-refractivity contribution in [3.05, 3.63) is 0 Å². The summed E-state index contributed by atoms with van der Waals surface area (Å²) in [6, 6.07) is 0. The van der Waals surface area contributed by atoms with E-state index in [-0.39, 0.29) is 29.5 Å². The summed E-state index contributed by atoms with van der Waals surface area (Å²) in [4.78, 5) is 9.41. The summed E-state index contributed by atoms with van der Waals surface area (Å²) in [5.74, 6) is 3.11. The van der Waals surface area contributed by atoms with Gasteiger partial charge in [-0.05, 0) is 26.9 Å². The molecule has 0 bridgehead atoms. The van der Waals surface area contributed by atoms with Crippen molar-refractivity contribution in [2.75, 3.05) is 45.2 Å². The Hall–Kier alpha value is 0.310. The van der Waals surface area contributed by atoms with Gasteiger partial charge in [-0.25, -0.2) is 0 Å². The molecule has 4 nitrogen and oxygen atoms in total. The number of hydrogen-bond acceptors (Lipinski definition) is 3. The molecule has 0 unspecified atom stereocenters. The van der Waals surface area contributed by atoms with Gasteiger partial charge in [0.05, 0.1) is 6.54 Å². The molecule has 1 heterocycles. The van der Waals surface area contributed by atoms with Crippen LogP contribution in [0.4, 0.5) is 0 Å². The Morgan fingerprint density at radius 2 is 1.71 bits per heavy atom. The third-order valence-electron chi connectivity index (χ3n) is 4.85. The molecule has 1 aliphatic heterocycles. The number of nitrogens with zero attached hydrogens (tertiary/aromatic N) is 3. The van der Waals surface area contributed by atoms with Crippen molar-refractivity contribution in [3.63, 3.8) is 0 Å². The smallest absolute Gasteiger partial charge is 0.191 e. The SMILES string of the molecule is CN(C)C1(CN=C(N)N2CCSCC2)CCCCCC1.I. The Morgan fingerprint density at radius 3 is 2.24 bits per heavy atom. The van der Waals surface area contributed by atoms with E-state index in [1.54, 1.807) is 0 Å². The van der Waals surface area contributed by atoms with E-state index >= 15 is 0 Å². The van der Waals surface area contributed by atoms with Gasteiger partial charge in [0.1, 0.15) is 0 Å². The second kappa shape index (κ2) is 9.45. The molecule has 0 aromatic heterocycles. The van der Waals surface area contributed by atoms with Crippen LogP contribution in [0.25, 0.3) is 0 Å². The Bertz CT molecular complexity index is 322. The van der Waals surface area contributed by atoms with Gasteiger partial charge in [-0.15, -0.1) is 24.0 Å². The number of likely N-dealkylation sites (N-methyl/N-ethyl adjacent to an activating group) is 1. The minimum atomic E-state index is 0. The Morgan fingerprint density at radius 1 is 1.14 bits per heavy atom. The molecule has 1 saturated carbocycles. The maximum atomic E-state index is 6.21. The maximum Gasteiger partial charge on any atom is 0.191 e. The molecule has 0 amide bonds. The summed E-state index contributed by atoms with van der Waals surface area (Å²) in [6.07, 6.45) is 7.91. The highest BCUT2D eigenvalue weighted by Crippen LogP contribution is 2.31. The van der Waals surface area contributed by atoms with Gasteiger partial charge in [-0.2, -0.15) is 11.8 Å². The number of thioether (sulfide) groups is 1. The zero-order valence-corrected chi connectivity index (χ0v) is 16.7. The monoisotopic (exact) mass is 426 g/mol. The van der Waals surface area contributed by atoms with Crippen molar-refractivity contribution in [2.24, 2.45) is 10.7 Å². The highest BCUT2D eigenvalue weighted by molar-refractivity contribution is 14.0. The first-order chi connectivity index (χ1) is 9.64. The van der Waals surface area contributed by atoms with Gasteiger partial charge in [-0.3, -0.25) is 4.99 Å². The fourth-order valence-electron chi connectivity index (χ4n) is 3.25. The average molecular weight is 426 g/mol. The molecule has 2 rings (SSSR count). The lowest BCUT2D eigenvalue weighted by Crippen LogP contribution is -2.48. The van der Waals surface area contributed by atoms with Crippen LogP contribution in [-0.2, 0) is 0 Å². The largest absolute Gasteiger partial charge is 0.370 e. The van der Waals surface area contributed by atoms with Gasteiger partial charge in [0.2, 0.25) is 0 Å². The Labute approximate surface area is 151 Å². The Balaban J connectivity index is 0.00000220. The number of guanidine groups is 1. The molecule has 0 atom stereocenters. The van der Waals surface area contributed by atoms with Gasteiger partial charge in [-0.1, -0.05) is 25.7 Å². The number of hydrogen-bond donors (Lipinski definition) is 1. The van der Waals surface area contributed by atoms with Gasteiger partial charge in [0, 0.05) is 30.1 Å². The Kier molecular flexibility index (Phi) is 8.71. The molecule has 0 aromatic carbocycles. The third-order valence-corrected chi connectivity index (χ3v) is 5.80. The minimum Gasteiger partial charge on any atom is -0.370 e. The molecule has 1 aliphatic carbocycles. The number of aliphatic imine (C=N–C) groups is 1. The molecule has 1 saturated heterocycles. The summed E-state index contributed by atoms with van der Waals surface area (Å²) in [6.45, 7) is 2.96.